The number of carbonyl (C=O) groups is 2. The molecule has 170 valence electrons. The number of terminal acetylenes is 1. The molecule has 1 aliphatic rings. The van der Waals surface area contributed by atoms with Crippen molar-refractivity contribution in [2.45, 2.75) is 18.8 Å². The molecule has 8 nitrogen and oxygen atoms in total. The highest BCUT2D eigenvalue weighted by Crippen LogP contribution is 2.40. The first-order valence-corrected chi connectivity index (χ1v) is 11.1. The van der Waals surface area contributed by atoms with E-state index in [1.165, 1.54) is 37.6 Å². The predicted octanol–water partition coefficient (Wildman–Crippen LogP) is 2.89. The van der Waals surface area contributed by atoms with Crippen LogP contribution in [0, 0.1) is 12.3 Å². The lowest BCUT2D eigenvalue weighted by atomic mass is 9.96. The minimum atomic E-state index is -0.182. The number of piperidine rings is 1. The summed E-state index contributed by atoms with van der Waals surface area (Å²) in [6.07, 6.45) is 6.81. The largest absolute Gasteiger partial charge is 0.493 e. The van der Waals surface area contributed by atoms with Gasteiger partial charge in [-0.2, -0.15) is 0 Å². The van der Waals surface area contributed by atoms with Crippen molar-refractivity contribution in [1.82, 2.24) is 14.8 Å². The Labute approximate surface area is 192 Å². The first-order valence-electron chi connectivity index (χ1n) is 10.2. The number of benzene rings is 1. The highest BCUT2D eigenvalue weighted by atomic mass is 32.1. The maximum absolute atomic E-state index is 13.2. The van der Waals surface area contributed by atoms with Gasteiger partial charge in [0.2, 0.25) is 5.75 Å². The van der Waals surface area contributed by atoms with Crippen LogP contribution in [0.3, 0.4) is 0 Å². The molecule has 2 aromatic rings. The Morgan fingerprint density at radius 3 is 2.47 bits per heavy atom. The molecule has 0 aliphatic carbocycles. The minimum Gasteiger partial charge on any atom is -0.493 e. The number of thiazole rings is 1. The summed E-state index contributed by atoms with van der Waals surface area (Å²) in [6, 6.07) is 3.40. The third-order valence-corrected chi connectivity index (χ3v) is 6.49. The lowest BCUT2D eigenvalue weighted by molar-refractivity contribution is 0.0708. The Morgan fingerprint density at radius 2 is 1.88 bits per heavy atom. The van der Waals surface area contributed by atoms with Crippen molar-refractivity contribution < 1.29 is 23.8 Å². The van der Waals surface area contributed by atoms with Gasteiger partial charge in [0.1, 0.15) is 5.69 Å². The van der Waals surface area contributed by atoms with Crippen LogP contribution in [0.2, 0.25) is 0 Å². The van der Waals surface area contributed by atoms with Gasteiger partial charge in [-0.3, -0.25) is 9.59 Å². The second kappa shape index (κ2) is 10.4. The molecule has 0 bridgehead atoms. The van der Waals surface area contributed by atoms with Crippen LogP contribution < -0.4 is 14.2 Å². The van der Waals surface area contributed by atoms with Crippen LogP contribution in [0.15, 0.2) is 17.5 Å². The molecular weight excluding hydrogens is 430 g/mol. The molecule has 3 rings (SSSR count). The Morgan fingerprint density at radius 1 is 1.19 bits per heavy atom. The van der Waals surface area contributed by atoms with Gasteiger partial charge < -0.3 is 24.0 Å². The first-order chi connectivity index (χ1) is 15.4. The summed E-state index contributed by atoms with van der Waals surface area (Å²) in [6.45, 7) is 1.41. The fourth-order valence-electron chi connectivity index (χ4n) is 3.75. The average Bonchev–Trinajstić information content (AvgIpc) is 3.32. The summed E-state index contributed by atoms with van der Waals surface area (Å²) < 4.78 is 16.2. The van der Waals surface area contributed by atoms with E-state index in [1.807, 2.05) is 0 Å². The quantitative estimate of drug-likeness (QED) is 0.595. The van der Waals surface area contributed by atoms with Crippen molar-refractivity contribution in [2.24, 2.45) is 0 Å². The molecule has 0 radical (unpaired) electrons. The molecule has 0 atom stereocenters. The molecule has 9 heteroatoms. The van der Waals surface area contributed by atoms with E-state index >= 15 is 0 Å². The van der Waals surface area contributed by atoms with Crippen LogP contribution in [0.1, 0.15) is 44.6 Å². The third kappa shape index (κ3) is 4.65. The molecule has 32 heavy (non-hydrogen) atoms. The van der Waals surface area contributed by atoms with Crippen LogP contribution in [0.25, 0.3) is 0 Å². The van der Waals surface area contributed by atoms with E-state index in [1.54, 1.807) is 29.5 Å². The van der Waals surface area contributed by atoms with E-state index in [0.717, 1.165) is 17.8 Å². The molecule has 0 N–H and O–H groups in total. The Bertz CT molecular complexity index is 1020. The normalized spacial score (nSPS) is 13.9. The van der Waals surface area contributed by atoms with Crippen LogP contribution in [-0.4, -0.2) is 74.6 Å². The van der Waals surface area contributed by atoms with Gasteiger partial charge in [-0.05, 0) is 25.0 Å². The minimum absolute atomic E-state index is 0.118. The second-order valence-electron chi connectivity index (χ2n) is 7.38. The molecule has 1 aliphatic heterocycles. The standard InChI is InChI=1S/C23H27N3O5S/c1-6-11-25(2)23(28)17-14-32-21(24-17)15-9-12-26(13-10-15)22(27)16-7-8-18(29-3)20(31-5)19(16)30-4/h1,7-8,14-15H,9-13H2,2-5H3. The number of aromatic nitrogens is 1. The summed E-state index contributed by atoms with van der Waals surface area (Å²) >= 11 is 1.48. The zero-order valence-electron chi connectivity index (χ0n) is 18.7. The average molecular weight is 458 g/mol. The van der Waals surface area contributed by atoms with Crippen molar-refractivity contribution in [3.05, 3.63) is 33.8 Å². The lowest BCUT2D eigenvalue weighted by Gasteiger charge is -2.31. The van der Waals surface area contributed by atoms with E-state index in [9.17, 15) is 9.59 Å². The van der Waals surface area contributed by atoms with Crippen molar-refractivity contribution in [2.75, 3.05) is 48.0 Å². The summed E-state index contributed by atoms with van der Waals surface area (Å²) in [5.74, 6) is 3.62. The Balaban J connectivity index is 1.69. The third-order valence-electron chi connectivity index (χ3n) is 5.48. The second-order valence-corrected chi connectivity index (χ2v) is 8.27. The number of methoxy groups -OCH3 is 3. The Kier molecular flexibility index (Phi) is 7.59. The molecule has 1 saturated heterocycles. The number of likely N-dealkylation sites (tertiary alicyclic amines) is 1. The fraction of sp³-hybridized carbons (Fsp3) is 0.435. The predicted molar refractivity (Wildman–Crippen MR) is 122 cm³/mol. The van der Waals surface area contributed by atoms with Gasteiger partial charge in [0.05, 0.1) is 38.4 Å². The summed E-state index contributed by atoms with van der Waals surface area (Å²) in [5.41, 5.74) is 0.846. The topological polar surface area (TPSA) is 81.2 Å². The zero-order valence-corrected chi connectivity index (χ0v) is 19.5. The Hall–Kier alpha value is -3.25. The van der Waals surface area contributed by atoms with Crippen molar-refractivity contribution in [3.8, 4) is 29.6 Å². The summed E-state index contributed by atoms with van der Waals surface area (Å²) in [5, 5.41) is 2.69. The maximum Gasteiger partial charge on any atom is 0.273 e. The molecule has 1 aromatic carbocycles. The number of rotatable bonds is 7. The van der Waals surface area contributed by atoms with Gasteiger partial charge in [-0.25, -0.2) is 4.98 Å². The first kappa shape index (κ1) is 23.4. The lowest BCUT2D eigenvalue weighted by Crippen LogP contribution is -2.38. The molecule has 0 saturated carbocycles. The zero-order chi connectivity index (χ0) is 23.3. The maximum atomic E-state index is 13.2. The van der Waals surface area contributed by atoms with Gasteiger partial charge in [0.25, 0.3) is 11.8 Å². The number of hydrogen-bond acceptors (Lipinski definition) is 7. The van der Waals surface area contributed by atoms with E-state index in [4.69, 9.17) is 20.6 Å². The molecule has 0 spiro atoms. The number of ether oxygens (including phenoxy) is 3. The number of carbonyl (C=O) groups excluding carboxylic acids is 2. The SMILES string of the molecule is C#CCN(C)C(=O)c1csc(C2CCN(C(=O)c3ccc(OC)c(OC)c3OC)CC2)n1. The van der Waals surface area contributed by atoms with E-state index in [0.29, 0.717) is 41.6 Å². The molecule has 1 fully saturated rings. The van der Waals surface area contributed by atoms with Crippen LogP contribution in [0.5, 0.6) is 17.2 Å². The molecular formula is C23H27N3O5S. The van der Waals surface area contributed by atoms with E-state index in [2.05, 4.69) is 10.9 Å². The molecule has 2 amide bonds. The van der Waals surface area contributed by atoms with Gasteiger partial charge in [-0.15, -0.1) is 17.8 Å². The smallest absolute Gasteiger partial charge is 0.273 e. The highest BCUT2D eigenvalue weighted by Gasteiger charge is 2.30. The monoisotopic (exact) mass is 457 g/mol. The highest BCUT2D eigenvalue weighted by molar-refractivity contribution is 7.09. The van der Waals surface area contributed by atoms with Crippen LogP contribution >= 0.6 is 11.3 Å². The number of amides is 2. The molecule has 1 aromatic heterocycles. The van der Waals surface area contributed by atoms with Gasteiger partial charge >= 0.3 is 0 Å². The van der Waals surface area contributed by atoms with E-state index in [-0.39, 0.29) is 24.3 Å². The van der Waals surface area contributed by atoms with Crippen molar-refractivity contribution >= 4 is 23.2 Å². The van der Waals surface area contributed by atoms with E-state index < -0.39 is 0 Å². The molecule has 0 unspecified atom stereocenters. The molecule has 2 heterocycles. The van der Waals surface area contributed by atoms with Crippen molar-refractivity contribution in [3.63, 3.8) is 0 Å². The summed E-state index contributed by atoms with van der Waals surface area (Å²) in [7, 11) is 6.21. The summed E-state index contributed by atoms with van der Waals surface area (Å²) in [4.78, 5) is 33.4. The van der Waals surface area contributed by atoms with Gasteiger partial charge in [0.15, 0.2) is 11.5 Å². The fourth-order valence-corrected chi connectivity index (χ4v) is 4.71. The van der Waals surface area contributed by atoms with Crippen LogP contribution in [-0.2, 0) is 0 Å². The van der Waals surface area contributed by atoms with Gasteiger partial charge in [-0.1, -0.05) is 5.92 Å². The van der Waals surface area contributed by atoms with Crippen molar-refractivity contribution in [1.29, 1.82) is 0 Å². The number of nitrogens with zero attached hydrogens (tertiary/aromatic N) is 3. The van der Waals surface area contributed by atoms with Gasteiger partial charge in [0, 0.05) is 31.4 Å². The van der Waals surface area contributed by atoms with Crippen LogP contribution in [0.4, 0.5) is 0 Å². The number of hydrogen-bond donors (Lipinski definition) is 0.